The van der Waals surface area contributed by atoms with Gasteiger partial charge in [0.1, 0.15) is 5.82 Å². The van der Waals surface area contributed by atoms with Crippen molar-refractivity contribution in [1.82, 2.24) is 20.1 Å². The first kappa shape index (κ1) is 17.9. The predicted octanol–water partition coefficient (Wildman–Crippen LogP) is 2.78. The number of benzene rings is 1. The van der Waals surface area contributed by atoms with Gasteiger partial charge >= 0.3 is 0 Å². The normalized spacial score (nSPS) is 19.6. The van der Waals surface area contributed by atoms with E-state index < -0.39 is 0 Å². The van der Waals surface area contributed by atoms with E-state index in [9.17, 15) is 4.79 Å². The number of amides is 1. The number of aryl methyl sites for hydroxylation is 1. The maximum Gasteiger partial charge on any atom is 0.241 e. The second-order valence-corrected chi connectivity index (χ2v) is 6.62. The third-order valence-electron chi connectivity index (χ3n) is 4.90. The van der Waals surface area contributed by atoms with Crippen molar-refractivity contribution in [3.63, 3.8) is 0 Å². The summed E-state index contributed by atoms with van der Waals surface area (Å²) in [6.07, 6.45) is 6.61. The lowest BCUT2D eigenvalue weighted by molar-refractivity contribution is -0.117. The Hall–Kier alpha value is -1.92. The second-order valence-electron chi connectivity index (χ2n) is 6.62. The highest BCUT2D eigenvalue weighted by atomic mass is 35.5. The zero-order valence-corrected chi connectivity index (χ0v) is 15.0. The number of carbonyl (C=O) groups is 1. The van der Waals surface area contributed by atoms with Crippen LogP contribution in [0, 0.1) is 0 Å². The summed E-state index contributed by atoms with van der Waals surface area (Å²) >= 11 is 0. The van der Waals surface area contributed by atoms with Gasteiger partial charge in [0, 0.05) is 24.2 Å². The summed E-state index contributed by atoms with van der Waals surface area (Å²) < 4.78 is 2.24. The predicted molar refractivity (Wildman–Crippen MR) is 99.9 cm³/mol. The molecular weight excluding hydrogens is 338 g/mol. The third-order valence-corrected chi connectivity index (χ3v) is 4.90. The van der Waals surface area contributed by atoms with Crippen LogP contribution < -0.4 is 10.6 Å². The average Bonchev–Trinajstić information content (AvgIpc) is 3.22. The molecule has 1 saturated heterocycles. The Balaban J connectivity index is 0.00000182. The van der Waals surface area contributed by atoms with Gasteiger partial charge in [-0.25, -0.2) is 0 Å². The second kappa shape index (κ2) is 7.97. The number of anilines is 1. The Labute approximate surface area is 153 Å². The molecule has 1 amide bonds. The molecule has 1 aromatic heterocycles. The largest absolute Gasteiger partial charge is 0.325 e. The number of carbonyl (C=O) groups excluding carboxylic acids is 1. The van der Waals surface area contributed by atoms with Crippen molar-refractivity contribution >= 4 is 24.0 Å². The van der Waals surface area contributed by atoms with Crippen molar-refractivity contribution in [2.24, 2.45) is 0 Å². The van der Waals surface area contributed by atoms with E-state index in [-0.39, 0.29) is 24.4 Å². The molecule has 1 fully saturated rings. The van der Waals surface area contributed by atoms with Crippen LogP contribution in [-0.4, -0.2) is 33.3 Å². The maximum atomic E-state index is 12.2. The quantitative estimate of drug-likeness (QED) is 0.881. The highest BCUT2D eigenvalue weighted by Gasteiger charge is 2.22. The van der Waals surface area contributed by atoms with Gasteiger partial charge in [-0.05, 0) is 56.5 Å². The number of nitrogens with zero attached hydrogens (tertiary/aromatic N) is 3. The van der Waals surface area contributed by atoms with E-state index in [0.717, 1.165) is 55.3 Å². The van der Waals surface area contributed by atoms with Crippen molar-refractivity contribution in [2.45, 2.75) is 51.1 Å². The van der Waals surface area contributed by atoms with E-state index in [1.807, 2.05) is 24.3 Å². The van der Waals surface area contributed by atoms with Crippen molar-refractivity contribution in [3.05, 3.63) is 30.1 Å². The molecule has 3 heterocycles. The minimum atomic E-state index is -0.0584. The van der Waals surface area contributed by atoms with Crippen molar-refractivity contribution < 1.29 is 4.79 Å². The Kier molecular flexibility index (Phi) is 5.71. The smallest absolute Gasteiger partial charge is 0.241 e. The van der Waals surface area contributed by atoms with E-state index >= 15 is 0 Å². The highest BCUT2D eigenvalue weighted by molar-refractivity contribution is 5.95. The minimum absolute atomic E-state index is 0. The Morgan fingerprint density at radius 1 is 1.12 bits per heavy atom. The molecule has 0 saturated carbocycles. The van der Waals surface area contributed by atoms with Crippen molar-refractivity contribution in [1.29, 1.82) is 0 Å². The number of hydrogen-bond donors (Lipinski definition) is 2. The van der Waals surface area contributed by atoms with E-state index in [4.69, 9.17) is 0 Å². The Morgan fingerprint density at radius 2 is 1.96 bits per heavy atom. The molecule has 1 aromatic carbocycles. The molecule has 0 bridgehead atoms. The third kappa shape index (κ3) is 3.85. The lowest BCUT2D eigenvalue weighted by Crippen LogP contribution is -2.35. The summed E-state index contributed by atoms with van der Waals surface area (Å²) in [6.45, 7) is 1.92. The summed E-state index contributed by atoms with van der Waals surface area (Å²) in [5, 5.41) is 14.9. The molecule has 2 aliphatic heterocycles. The van der Waals surface area contributed by atoms with Gasteiger partial charge in [-0.1, -0.05) is 6.42 Å². The maximum absolute atomic E-state index is 12.2. The van der Waals surface area contributed by atoms with Crippen LogP contribution in [0.25, 0.3) is 11.4 Å². The molecule has 25 heavy (non-hydrogen) atoms. The molecule has 6 nitrogen and oxygen atoms in total. The fourth-order valence-electron chi connectivity index (χ4n) is 3.54. The molecular formula is C18H24ClN5O. The first-order valence-corrected chi connectivity index (χ1v) is 8.88. The molecule has 1 unspecified atom stereocenters. The number of halogens is 1. The van der Waals surface area contributed by atoms with Gasteiger partial charge in [0.2, 0.25) is 5.91 Å². The van der Waals surface area contributed by atoms with Gasteiger partial charge < -0.3 is 15.2 Å². The number of hydrogen-bond acceptors (Lipinski definition) is 4. The monoisotopic (exact) mass is 361 g/mol. The number of nitrogens with one attached hydrogen (secondary N) is 2. The summed E-state index contributed by atoms with van der Waals surface area (Å²) in [5.41, 5.74) is 1.88. The molecule has 1 atom stereocenters. The molecule has 134 valence electrons. The topological polar surface area (TPSA) is 71.8 Å². The summed E-state index contributed by atoms with van der Waals surface area (Å²) in [5.74, 6) is 2.08. The van der Waals surface area contributed by atoms with Gasteiger partial charge in [0.25, 0.3) is 0 Å². The number of aromatic nitrogens is 3. The molecule has 0 aliphatic carbocycles. The Morgan fingerprint density at radius 3 is 2.72 bits per heavy atom. The summed E-state index contributed by atoms with van der Waals surface area (Å²) in [4.78, 5) is 12.2. The molecule has 2 N–H and O–H groups in total. The molecule has 0 spiro atoms. The molecule has 0 radical (unpaired) electrons. The van der Waals surface area contributed by atoms with Crippen LogP contribution >= 0.6 is 12.4 Å². The van der Waals surface area contributed by atoms with Crippen LogP contribution in [0.3, 0.4) is 0 Å². The first-order valence-electron chi connectivity index (χ1n) is 8.88. The lowest BCUT2D eigenvalue weighted by Gasteiger charge is -2.12. The molecule has 4 rings (SSSR count). The zero-order chi connectivity index (χ0) is 16.4. The molecule has 7 heteroatoms. The highest BCUT2D eigenvalue weighted by Crippen LogP contribution is 2.24. The van der Waals surface area contributed by atoms with Gasteiger partial charge in [-0.15, -0.1) is 22.6 Å². The summed E-state index contributed by atoms with van der Waals surface area (Å²) in [6, 6.07) is 7.86. The van der Waals surface area contributed by atoms with Crippen molar-refractivity contribution in [3.8, 4) is 11.4 Å². The van der Waals surface area contributed by atoms with Crippen LogP contribution in [0.2, 0.25) is 0 Å². The van der Waals surface area contributed by atoms with E-state index in [2.05, 4.69) is 25.4 Å². The molecule has 2 aromatic rings. The Bertz CT molecular complexity index is 722. The SMILES string of the molecule is Cl.O=C(Nc1ccc(-c2nnc3n2CCCCC3)cc1)C1CCCN1. The van der Waals surface area contributed by atoms with Crippen LogP contribution in [0.1, 0.15) is 37.9 Å². The fraction of sp³-hybridized carbons (Fsp3) is 0.500. The summed E-state index contributed by atoms with van der Waals surface area (Å²) in [7, 11) is 0. The molecule has 2 aliphatic rings. The van der Waals surface area contributed by atoms with Crippen LogP contribution in [0.5, 0.6) is 0 Å². The van der Waals surface area contributed by atoms with E-state index in [0.29, 0.717) is 0 Å². The van der Waals surface area contributed by atoms with Gasteiger partial charge in [-0.3, -0.25) is 4.79 Å². The van der Waals surface area contributed by atoms with Crippen LogP contribution in [-0.2, 0) is 17.8 Å². The van der Waals surface area contributed by atoms with Crippen molar-refractivity contribution in [2.75, 3.05) is 11.9 Å². The standard InChI is InChI=1S/C18H23N5O.ClH/c24-18(15-5-4-11-19-15)20-14-9-7-13(8-10-14)17-22-21-16-6-2-1-3-12-23(16)17;/h7-10,15,19H,1-6,11-12H2,(H,20,24);1H. The van der Waals surface area contributed by atoms with Gasteiger partial charge in [0.15, 0.2) is 5.82 Å². The van der Waals surface area contributed by atoms with Gasteiger partial charge in [-0.2, -0.15) is 0 Å². The van der Waals surface area contributed by atoms with Gasteiger partial charge in [0.05, 0.1) is 6.04 Å². The number of fused-ring (bicyclic) bond motifs is 1. The number of rotatable bonds is 3. The zero-order valence-electron chi connectivity index (χ0n) is 14.2. The lowest BCUT2D eigenvalue weighted by atomic mass is 10.1. The van der Waals surface area contributed by atoms with Crippen LogP contribution in [0.4, 0.5) is 5.69 Å². The fourth-order valence-corrected chi connectivity index (χ4v) is 3.54. The average molecular weight is 362 g/mol. The van der Waals surface area contributed by atoms with E-state index in [1.165, 1.54) is 19.3 Å². The first-order chi connectivity index (χ1) is 11.8. The van der Waals surface area contributed by atoms with Crippen LogP contribution in [0.15, 0.2) is 24.3 Å². The van der Waals surface area contributed by atoms with E-state index in [1.54, 1.807) is 0 Å². The minimum Gasteiger partial charge on any atom is -0.325 e.